The van der Waals surface area contributed by atoms with E-state index in [0.29, 0.717) is 17.3 Å². The van der Waals surface area contributed by atoms with Crippen LogP contribution in [0.3, 0.4) is 0 Å². The summed E-state index contributed by atoms with van der Waals surface area (Å²) in [5.74, 6) is 0.469. The van der Waals surface area contributed by atoms with E-state index in [-0.39, 0.29) is 18.3 Å². The number of fused-ring (bicyclic) bond motifs is 1. The average Bonchev–Trinajstić information content (AvgIpc) is 3.07. The quantitative estimate of drug-likeness (QED) is 0.393. The van der Waals surface area contributed by atoms with Gasteiger partial charge in [0.2, 0.25) is 5.91 Å². The van der Waals surface area contributed by atoms with Crippen LogP contribution in [-0.4, -0.2) is 48.7 Å². The Balaban J connectivity index is 0.00000300. The Labute approximate surface area is 191 Å². The van der Waals surface area contributed by atoms with Crippen LogP contribution in [0.4, 0.5) is 5.13 Å². The van der Waals surface area contributed by atoms with Gasteiger partial charge in [0.1, 0.15) is 0 Å². The summed E-state index contributed by atoms with van der Waals surface area (Å²) in [5.41, 5.74) is 2.09. The number of nitrogens with zero attached hydrogens (tertiary/aromatic N) is 3. The summed E-state index contributed by atoms with van der Waals surface area (Å²) in [7, 11) is 4.08. The number of benzene rings is 2. The maximum absolute atomic E-state index is 13.0. The number of halogens is 2. The molecule has 0 atom stereocenters. The molecule has 0 aliphatic heterocycles. The van der Waals surface area contributed by atoms with Crippen molar-refractivity contribution in [3.63, 3.8) is 0 Å². The van der Waals surface area contributed by atoms with Gasteiger partial charge >= 0.3 is 0 Å². The molecule has 1 amide bonds. The third-order valence-electron chi connectivity index (χ3n) is 4.24. The van der Waals surface area contributed by atoms with Crippen LogP contribution in [0.25, 0.3) is 10.2 Å². The standard InChI is InChI=1S/C21H24ClN3OS2.ClH/c1-15-5-8-17(9-6-15)27-14-20(26)25(12-4-11-24(2)3)21-23-18-10-7-16(22)13-19(18)28-21;/h5-10,13H,4,11-12,14H2,1-3H3;1H. The van der Waals surface area contributed by atoms with Gasteiger partial charge in [-0.2, -0.15) is 0 Å². The largest absolute Gasteiger partial charge is 0.309 e. The zero-order chi connectivity index (χ0) is 20.1. The van der Waals surface area contributed by atoms with E-state index in [1.54, 1.807) is 11.8 Å². The van der Waals surface area contributed by atoms with E-state index in [1.165, 1.54) is 16.9 Å². The normalized spacial score (nSPS) is 10.9. The number of aromatic nitrogens is 1. The molecule has 3 aromatic rings. The van der Waals surface area contributed by atoms with Gasteiger partial charge in [0.15, 0.2) is 5.13 Å². The number of anilines is 1. The Morgan fingerprint density at radius 2 is 1.86 bits per heavy atom. The first-order valence-electron chi connectivity index (χ1n) is 9.13. The molecule has 0 fully saturated rings. The predicted molar refractivity (Wildman–Crippen MR) is 129 cm³/mol. The van der Waals surface area contributed by atoms with Crippen molar-refractivity contribution in [1.29, 1.82) is 0 Å². The van der Waals surface area contributed by atoms with Gasteiger partial charge in [-0.15, -0.1) is 24.2 Å². The second-order valence-electron chi connectivity index (χ2n) is 6.91. The Hall–Kier alpha value is -1.31. The van der Waals surface area contributed by atoms with Crippen LogP contribution in [0, 0.1) is 6.92 Å². The molecule has 0 saturated carbocycles. The Morgan fingerprint density at radius 3 is 2.55 bits per heavy atom. The van der Waals surface area contributed by atoms with Gasteiger partial charge < -0.3 is 4.90 Å². The highest BCUT2D eigenvalue weighted by Gasteiger charge is 2.20. The number of amides is 1. The lowest BCUT2D eigenvalue weighted by Gasteiger charge is -2.21. The smallest absolute Gasteiger partial charge is 0.239 e. The Morgan fingerprint density at radius 1 is 1.14 bits per heavy atom. The van der Waals surface area contributed by atoms with E-state index in [0.717, 1.165) is 33.2 Å². The van der Waals surface area contributed by atoms with E-state index in [2.05, 4.69) is 41.1 Å². The van der Waals surface area contributed by atoms with Crippen molar-refractivity contribution in [3.05, 3.63) is 53.1 Å². The van der Waals surface area contributed by atoms with Crippen LogP contribution in [0.2, 0.25) is 5.02 Å². The summed E-state index contributed by atoms with van der Waals surface area (Å²) in [6, 6.07) is 13.9. The van der Waals surface area contributed by atoms with Crippen molar-refractivity contribution < 1.29 is 4.79 Å². The highest BCUT2D eigenvalue weighted by atomic mass is 35.5. The van der Waals surface area contributed by atoms with Gasteiger partial charge in [-0.1, -0.05) is 40.6 Å². The van der Waals surface area contributed by atoms with Crippen LogP contribution in [0.1, 0.15) is 12.0 Å². The minimum Gasteiger partial charge on any atom is -0.309 e. The fourth-order valence-corrected chi connectivity index (χ4v) is 4.79. The number of aryl methyl sites for hydroxylation is 1. The average molecular weight is 470 g/mol. The lowest BCUT2D eigenvalue weighted by atomic mass is 10.2. The van der Waals surface area contributed by atoms with Crippen LogP contribution in [0.15, 0.2) is 47.4 Å². The van der Waals surface area contributed by atoms with E-state index < -0.39 is 0 Å². The van der Waals surface area contributed by atoms with Crippen molar-refractivity contribution in [2.24, 2.45) is 0 Å². The first-order chi connectivity index (χ1) is 13.4. The number of rotatable bonds is 8. The highest BCUT2D eigenvalue weighted by molar-refractivity contribution is 8.00. The maximum Gasteiger partial charge on any atom is 0.239 e. The predicted octanol–water partition coefficient (Wildman–Crippen LogP) is 5.76. The molecule has 0 aliphatic rings. The van der Waals surface area contributed by atoms with Gasteiger partial charge in [0, 0.05) is 16.5 Å². The number of thiazole rings is 1. The molecule has 0 radical (unpaired) electrons. The fourth-order valence-electron chi connectivity index (χ4n) is 2.73. The van der Waals surface area contributed by atoms with Crippen molar-refractivity contribution in [1.82, 2.24) is 9.88 Å². The van der Waals surface area contributed by atoms with Crippen molar-refractivity contribution in [2.75, 3.05) is 37.8 Å². The Bertz CT molecular complexity index is 945. The number of thioether (sulfide) groups is 1. The van der Waals surface area contributed by atoms with E-state index in [1.807, 2.05) is 37.2 Å². The van der Waals surface area contributed by atoms with Crippen LogP contribution >= 0.6 is 47.1 Å². The Kier molecular flexibility index (Phi) is 9.24. The molecule has 0 bridgehead atoms. The second kappa shape index (κ2) is 11.2. The van der Waals surface area contributed by atoms with E-state index >= 15 is 0 Å². The topological polar surface area (TPSA) is 36.4 Å². The summed E-state index contributed by atoms with van der Waals surface area (Å²) >= 11 is 9.19. The summed E-state index contributed by atoms with van der Waals surface area (Å²) in [6.07, 6.45) is 0.893. The molecule has 0 N–H and O–H groups in total. The molecule has 4 nitrogen and oxygen atoms in total. The number of carbonyl (C=O) groups excluding carboxylic acids is 1. The first kappa shape index (κ1) is 24.0. The number of hydrogen-bond donors (Lipinski definition) is 0. The third kappa shape index (κ3) is 6.86. The molecule has 3 rings (SSSR count). The summed E-state index contributed by atoms with van der Waals surface area (Å²) in [6.45, 7) is 3.64. The first-order valence-corrected chi connectivity index (χ1v) is 11.3. The lowest BCUT2D eigenvalue weighted by Crippen LogP contribution is -2.34. The van der Waals surface area contributed by atoms with Crippen molar-refractivity contribution >= 4 is 68.4 Å². The van der Waals surface area contributed by atoms with E-state index in [9.17, 15) is 4.79 Å². The molecule has 0 aliphatic carbocycles. The lowest BCUT2D eigenvalue weighted by molar-refractivity contribution is -0.116. The van der Waals surface area contributed by atoms with Gasteiger partial charge in [0.05, 0.1) is 16.0 Å². The molecule has 0 spiro atoms. The maximum atomic E-state index is 13.0. The minimum atomic E-state index is 0. The second-order valence-corrected chi connectivity index (χ2v) is 9.41. The van der Waals surface area contributed by atoms with Crippen molar-refractivity contribution in [2.45, 2.75) is 18.2 Å². The molecule has 0 saturated heterocycles. The minimum absolute atomic E-state index is 0. The number of hydrogen-bond acceptors (Lipinski definition) is 5. The SMILES string of the molecule is Cc1ccc(SCC(=O)N(CCCN(C)C)c2nc3ccc(Cl)cc3s2)cc1.Cl. The molecule has 2 aromatic carbocycles. The fraction of sp³-hybridized carbons (Fsp3) is 0.333. The van der Waals surface area contributed by atoms with Gasteiger partial charge in [-0.05, 0) is 64.3 Å². The van der Waals surface area contributed by atoms with Crippen LogP contribution < -0.4 is 4.90 Å². The monoisotopic (exact) mass is 469 g/mol. The van der Waals surface area contributed by atoms with Crippen LogP contribution in [0.5, 0.6) is 0 Å². The zero-order valence-corrected chi connectivity index (χ0v) is 19.9. The molecular formula is C21H25Cl2N3OS2. The zero-order valence-electron chi connectivity index (χ0n) is 16.7. The molecule has 1 aromatic heterocycles. The molecule has 1 heterocycles. The molecule has 0 unspecified atom stereocenters. The molecule has 29 heavy (non-hydrogen) atoms. The third-order valence-corrected chi connectivity index (χ3v) is 6.51. The summed E-state index contributed by atoms with van der Waals surface area (Å²) in [5, 5.41) is 1.42. The van der Waals surface area contributed by atoms with Crippen molar-refractivity contribution in [3.8, 4) is 0 Å². The van der Waals surface area contributed by atoms with Crippen LogP contribution in [-0.2, 0) is 4.79 Å². The van der Waals surface area contributed by atoms with Gasteiger partial charge in [0.25, 0.3) is 0 Å². The molecular weight excluding hydrogens is 445 g/mol. The summed E-state index contributed by atoms with van der Waals surface area (Å²) in [4.78, 5) is 22.8. The highest BCUT2D eigenvalue weighted by Crippen LogP contribution is 2.31. The molecule has 8 heteroatoms. The number of carbonyl (C=O) groups is 1. The summed E-state index contributed by atoms with van der Waals surface area (Å²) < 4.78 is 0.999. The van der Waals surface area contributed by atoms with Gasteiger partial charge in [-0.3, -0.25) is 9.69 Å². The molecule has 156 valence electrons. The van der Waals surface area contributed by atoms with E-state index in [4.69, 9.17) is 11.6 Å². The van der Waals surface area contributed by atoms with Gasteiger partial charge in [-0.25, -0.2) is 4.98 Å².